The lowest BCUT2D eigenvalue weighted by molar-refractivity contribution is 0.397. The molecule has 0 fully saturated rings. The smallest absolute Gasteiger partial charge is 0.215 e. The van der Waals surface area contributed by atoms with E-state index in [4.69, 9.17) is 4.74 Å². The molecule has 1 heterocycles. The van der Waals surface area contributed by atoms with Crippen molar-refractivity contribution in [2.75, 3.05) is 20.2 Å². The molecular formula is C12H21N3O3S. The van der Waals surface area contributed by atoms with Gasteiger partial charge in [0.05, 0.1) is 12.4 Å². The molecule has 0 bridgehead atoms. The van der Waals surface area contributed by atoms with Crippen LogP contribution in [0.25, 0.3) is 0 Å². The quantitative estimate of drug-likeness (QED) is 0.728. The van der Waals surface area contributed by atoms with Crippen LogP contribution in [0.1, 0.15) is 19.4 Å². The van der Waals surface area contributed by atoms with E-state index in [1.807, 2.05) is 6.92 Å². The first-order valence-electron chi connectivity index (χ1n) is 6.17. The van der Waals surface area contributed by atoms with E-state index in [2.05, 4.69) is 15.0 Å². The van der Waals surface area contributed by atoms with Gasteiger partial charge in [-0.15, -0.1) is 0 Å². The van der Waals surface area contributed by atoms with Gasteiger partial charge < -0.3 is 10.1 Å². The van der Waals surface area contributed by atoms with Crippen molar-refractivity contribution in [3.8, 4) is 5.88 Å². The molecule has 1 aromatic heterocycles. The van der Waals surface area contributed by atoms with Crippen LogP contribution >= 0.6 is 0 Å². The number of sulfonamides is 1. The Morgan fingerprint density at radius 3 is 2.68 bits per heavy atom. The Labute approximate surface area is 114 Å². The zero-order chi connectivity index (χ0) is 14.3. The Bertz CT molecular complexity index is 473. The van der Waals surface area contributed by atoms with Crippen molar-refractivity contribution in [2.24, 2.45) is 0 Å². The van der Waals surface area contributed by atoms with Crippen LogP contribution < -0.4 is 14.8 Å². The van der Waals surface area contributed by atoms with Crippen molar-refractivity contribution < 1.29 is 13.2 Å². The third-order valence-electron chi connectivity index (χ3n) is 2.70. The number of methoxy groups -OCH3 is 1. The van der Waals surface area contributed by atoms with E-state index < -0.39 is 15.3 Å². The molecule has 1 unspecified atom stereocenters. The summed E-state index contributed by atoms with van der Waals surface area (Å²) in [5, 5.41) is 2.55. The molecule has 0 aromatic carbocycles. The summed E-state index contributed by atoms with van der Waals surface area (Å²) < 4.78 is 31.4. The standard InChI is InChI=1S/C12H21N3O3S/c1-4-13-7-10(2)19(16,17)15-9-11-5-6-12(18-3)14-8-11/h5-6,8,10,13,15H,4,7,9H2,1-3H3. The number of nitrogens with one attached hydrogen (secondary N) is 2. The summed E-state index contributed by atoms with van der Waals surface area (Å²) in [5.41, 5.74) is 0.792. The fourth-order valence-electron chi connectivity index (χ4n) is 1.42. The van der Waals surface area contributed by atoms with Gasteiger partial charge in [0, 0.05) is 25.4 Å². The highest BCUT2D eigenvalue weighted by molar-refractivity contribution is 7.90. The van der Waals surface area contributed by atoms with Gasteiger partial charge in [0.25, 0.3) is 0 Å². The summed E-state index contributed by atoms with van der Waals surface area (Å²) in [6.07, 6.45) is 1.59. The molecule has 0 aliphatic heterocycles. The van der Waals surface area contributed by atoms with Crippen LogP contribution in [0.2, 0.25) is 0 Å². The number of hydrogen-bond donors (Lipinski definition) is 2. The van der Waals surface area contributed by atoms with Crippen molar-refractivity contribution >= 4 is 10.0 Å². The second-order valence-electron chi connectivity index (χ2n) is 4.19. The molecule has 7 heteroatoms. The van der Waals surface area contributed by atoms with Crippen LogP contribution in [0.15, 0.2) is 18.3 Å². The molecule has 1 aromatic rings. The maximum atomic E-state index is 11.9. The average Bonchev–Trinajstić information content (AvgIpc) is 2.43. The van der Waals surface area contributed by atoms with Crippen LogP contribution in [0.3, 0.4) is 0 Å². The van der Waals surface area contributed by atoms with E-state index in [1.54, 1.807) is 25.3 Å². The molecule has 2 N–H and O–H groups in total. The number of aromatic nitrogens is 1. The molecule has 6 nitrogen and oxygen atoms in total. The molecule has 0 radical (unpaired) electrons. The second-order valence-corrected chi connectivity index (χ2v) is 6.38. The van der Waals surface area contributed by atoms with Gasteiger partial charge >= 0.3 is 0 Å². The Morgan fingerprint density at radius 2 is 2.16 bits per heavy atom. The van der Waals surface area contributed by atoms with Gasteiger partial charge in [-0.2, -0.15) is 0 Å². The van der Waals surface area contributed by atoms with Gasteiger partial charge in [0.15, 0.2) is 0 Å². The normalized spacial score (nSPS) is 13.2. The third kappa shape index (κ3) is 5.14. The average molecular weight is 287 g/mol. The maximum absolute atomic E-state index is 11.9. The molecule has 19 heavy (non-hydrogen) atoms. The molecule has 0 aliphatic rings. The maximum Gasteiger partial charge on any atom is 0.215 e. The molecule has 1 atom stereocenters. The topological polar surface area (TPSA) is 80.3 Å². The zero-order valence-electron chi connectivity index (χ0n) is 11.5. The van der Waals surface area contributed by atoms with Crippen LogP contribution in [-0.2, 0) is 16.6 Å². The fraction of sp³-hybridized carbons (Fsp3) is 0.583. The minimum Gasteiger partial charge on any atom is -0.481 e. The molecular weight excluding hydrogens is 266 g/mol. The molecule has 0 spiro atoms. The summed E-state index contributed by atoms with van der Waals surface area (Å²) >= 11 is 0. The van der Waals surface area contributed by atoms with Gasteiger partial charge in [-0.1, -0.05) is 13.0 Å². The van der Waals surface area contributed by atoms with E-state index in [9.17, 15) is 8.42 Å². The van der Waals surface area contributed by atoms with E-state index in [-0.39, 0.29) is 6.54 Å². The number of ether oxygens (including phenoxy) is 1. The van der Waals surface area contributed by atoms with Crippen molar-refractivity contribution in [1.29, 1.82) is 0 Å². The third-order valence-corrected chi connectivity index (χ3v) is 4.47. The van der Waals surface area contributed by atoms with Crippen LogP contribution in [0, 0.1) is 0 Å². The Kier molecular flexibility index (Phi) is 6.20. The Hall–Kier alpha value is -1.18. The van der Waals surface area contributed by atoms with Crippen molar-refractivity contribution in [2.45, 2.75) is 25.6 Å². The SMILES string of the molecule is CCNCC(C)S(=O)(=O)NCc1ccc(OC)nc1. The van der Waals surface area contributed by atoms with Crippen molar-refractivity contribution in [3.63, 3.8) is 0 Å². The molecule has 0 aliphatic carbocycles. The van der Waals surface area contributed by atoms with Crippen LogP contribution in [-0.4, -0.2) is 38.9 Å². The molecule has 0 saturated carbocycles. The van der Waals surface area contributed by atoms with Gasteiger partial charge in [-0.05, 0) is 19.0 Å². The summed E-state index contributed by atoms with van der Waals surface area (Å²) in [6, 6.07) is 3.48. The van der Waals surface area contributed by atoms with Gasteiger partial charge in [-0.3, -0.25) is 0 Å². The first-order valence-corrected chi connectivity index (χ1v) is 7.72. The monoisotopic (exact) mass is 287 g/mol. The Morgan fingerprint density at radius 1 is 1.42 bits per heavy atom. The van der Waals surface area contributed by atoms with E-state index in [0.29, 0.717) is 12.4 Å². The predicted molar refractivity (Wildman–Crippen MR) is 74.6 cm³/mol. The van der Waals surface area contributed by atoms with Gasteiger partial charge in [-0.25, -0.2) is 18.1 Å². The van der Waals surface area contributed by atoms with Crippen LogP contribution in [0.4, 0.5) is 0 Å². The molecule has 0 saturated heterocycles. The highest BCUT2D eigenvalue weighted by Gasteiger charge is 2.19. The second kappa shape index (κ2) is 7.42. The van der Waals surface area contributed by atoms with Crippen molar-refractivity contribution in [3.05, 3.63) is 23.9 Å². The summed E-state index contributed by atoms with van der Waals surface area (Å²) in [7, 11) is -1.78. The van der Waals surface area contributed by atoms with Crippen LogP contribution in [0.5, 0.6) is 5.88 Å². The fourth-order valence-corrected chi connectivity index (χ4v) is 2.41. The molecule has 1 rings (SSSR count). The number of rotatable bonds is 8. The Balaban J connectivity index is 2.54. The summed E-state index contributed by atoms with van der Waals surface area (Å²) in [6.45, 7) is 5.04. The molecule has 0 amide bonds. The lowest BCUT2D eigenvalue weighted by Gasteiger charge is -2.14. The first-order chi connectivity index (χ1) is 8.99. The first kappa shape index (κ1) is 15.9. The van der Waals surface area contributed by atoms with E-state index in [1.165, 1.54) is 7.11 Å². The van der Waals surface area contributed by atoms with Gasteiger partial charge in [0.2, 0.25) is 15.9 Å². The van der Waals surface area contributed by atoms with E-state index in [0.717, 1.165) is 12.1 Å². The van der Waals surface area contributed by atoms with Crippen molar-refractivity contribution in [1.82, 2.24) is 15.0 Å². The largest absolute Gasteiger partial charge is 0.481 e. The van der Waals surface area contributed by atoms with E-state index >= 15 is 0 Å². The number of nitrogens with zero attached hydrogens (tertiary/aromatic N) is 1. The minimum atomic E-state index is -3.32. The highest BCUT2D eigenvalue weighted by Crippen LogP contribution is 2.07. The number of hydrogen-bond acceptors (Lipinski definition) is 5. The summed E-state index contributed by atoms with van der Waals surface area (Å²) in [4.78, 5) is 4.02. The lowest BCUT2D eigenvalue weighted by atomic mass is 10.3. The number of pyridine rings is 1. The predicted octanol–water partition coefficient (Wildman–Crippen LogP) is 0.508. The minimum absolute atomic E-state index is 0.232. The molecule has 108 valence electrons. The lowest BCUT2D eigenvalue weighted by Crippen LogP contribution is -2.38. The highest BCUT2D eigenvalue weighted by atomic mass is 32.2. The zero-order valence-corrected chi connectivity index (χ0v) is 12.3. The van der Waals surface area contributed by atoms with Gasteiger partial charge in [0.1, 0.15) is 0 Å². The summed E-state index contributed by atoms with van der Waals surface area (Å²) in [5.74, 6) is 0.507.